The molecule has 98 valence electrons. The second-order valence-electron chi connectivity index (χ2n) is 4.51. The van der Waals surface area contributed by atoms with E-state index in [1.54, 1.807) is 12.3 Å². The van der Waals surface area contributed by atoms with Crippen LogP contribution >= 0.6 is 11.6 Å². The van der Waals surface area contributed by atoms with Gasteiger partial charge in [0.15, 0.2) is 0 Å². The fourth-order valence-corrected chi connectivity index (χ4v) is 2.62. The molecule has 0 aliphatic heterocycles. The zero-order chi connectivity index (χ0) is 13.2. The van der Waals surface area contributed by atoms with Crippen LogP contribution in [0.2, 0.25) is 5.02 Å². The summed E-state index contributed by atoms with van der Waals surface area (Å²) in [4.78, 5) is 4.15. The number of fused-ring (bicyclic) bond motifs is 1. The SMILES string of the molecule is [O-][n+]1c(OCc2ccccn2)cc(Cl)c2c1CCC2. The number of hydrogen-bond acceptors (Lipinski definition) is 3. The molecule has 1 aliphatic rings. The fourth-order valence-electron chi connectivity index (χ4n) is 2.33. The largest absolute Gasteiger partial charge is 0.616 e. The first-order chi connectivity index (χ1) is 9.25. The minimum absolute atomic E-state index is 0.247. The summed E-state index contributed by atoms with van der Waals surface area (Å²) in [5, 5.41) is 12.8. The van der Waals surface area contributed by atoms with Gasteiger partial charge in [0.2, 0.25) is 5.69 Å². The van der Waals surface area contributed by atoms with E-state index in [9.17, 15) is 5.21 Å². The molecule has 0 saturated heterocycles. The number of ether oxygens (including phenoxy) is 1. The first kappa shape index (κ1) is 12.2. The molecule has 0 spiro atoms. The topological polar surface area (TPSA) is 49.1 Å². The van der Waals surface area contributed by atoms with Crippen LogP contribution in [0.3, 0.4) is 0 Å². The molecule has 0 unspecified atom stereocenters. The highest BCUT2D eigenvalue weighted by atomic mass is 35.5. The van der Waals surface area contributed by atoms with E-state index in [1.165, 1.54) is 0 Å². The van der Waals surface area contributed by atoms with Crippen molar-refractivity contribution in [2.45, 2.75) is 25.9 Å². The second-order valence-corrected chi connectivity index (χ2v) is 4.92. The van der Waals surface area contributed by atoms with Crippen LogP contribution in [0.4, 0.5) is 0 Å². The Morgan fingerprint density at radius 1 is 1.37 bits per heavy atom. The summed E-state index contributed by atoms with van der Waals surface area (Å²) in [7, 11) is 0. The number of rotatable bonds is 3. The number of hydrogen-bond donors (Lipinski definition) is 0. The van der Waals surface area contributed by atoms with Gasteiger partial charge in [0.05, 0.1) is 16.8 Å². The molecule has 2 heterocycles. The van der Waals surface area contributed by atoms with Crippen molar-refractivity contribution in [1.82, 2.24) is 4.98 Å². The van der Waals surface area contributed by atoms with Gasteiger partial charge in [0, 0.05) is 18.2 Å². The van der Waals surface area contributed by atoms with Gasteiger partial charge in [-0.15, -0.1) is 4.73 Å². The lowest BCUT2D eigenvalue weighted by atomic mass is 10.2. The lowest BCUT2D eigenvalue weighted by molar-refractivity contribution is -0.621. The Hall–Kier alpha value is -1.81. The molecule has 0 fully saturated rings. The Morgan fingerprint density at radius 3 is 3.05 bits per heavy atom. The van der Waals surface area contributed by atoms with Crippen LogP contribution in [-0.2, 0) is 19.4 Å². The maximum Gasteiger partial charge on any atom is 0.381 e. The van der Waals surface area contributed by atoms with E-state index in [0.29, 0.717) is 5.02 Å². The predicted molar refractivity (Wildman–Crippen MR) is 71.0 cm³/mol. The average molecular weight is 277 g/mol. The summed E-state index contributed by atoms with van der Waals surface area (Å²) in [6.45, 7) is 0.262. The van der Waals surface area contributed by atoms with Crippen molar-refractivity contribution >= 4 is 11.6 Å². The zero-order valence-corrected chi connectivity index (χ0v) is 11.1. The van der Waals surface area contributed by atoms with Crippen LogP contribution in [0.15, 0.2) is 30.5 Å². The quantitative estimate of drug-likeness (QED) is 0.639. The van der Waals surface area contributed by atoms with E-state index in [4.69, 9.17) is 16.3 Å². The molecule has 0 bridgehead atoms. The summed E-state index contributed by atoms with van der Waals surface area (Å²) in [5.41, 5.74) is 2.48. The predicted octanol–water partition coefficient (Wildman–Crippen LogP) is 2.44. The van der Waals surface area contributed by atoms with E-state index in [1.807, 2.05) is 18.2 Å². The van der Waals surface area contributed by atoms with Crippen LogP contribution in [0, 0.1) is 5.21 Å². The molecule has 0 N–H and O–H groups in total. The number of nitrogens with zero attached hydrogens (tertiary/aromatic N) is 2. The molecule has 0 radical (unpaired) electrons. The normalized spacial score (nSPS) is 13.3. The van der Waals surface area contributed by atoms with Crippen molar-refractivity contribution in [1.29, 1.82) is 0 Å². The second kappa shape index (κ2) is 5.05. The molecular weight excluding hydrogens is 264 g/mol. The monoisotopic (exact) mass is 276 g/mol. The summed E-state index contributed by atoms with van der Waals surface area (Å²) >= 11 is 6.18. The molecule has 4 nitrogen and oxygen atoms in total. The van der Waals surface area contributed by atoms with E-state index >= 15 is 0 Å². The van der Waals surface area contributed by atoms with Gasteiger partial charge < -0.3 is 9.94 Å². The molecule has 0 atom stereocenters. The number of pyridine rings is 2. The molecule has 3 rings (SSSR count). The number of aromatic nitrogens is 2. The Balaban J connectivity index is 1.84. The Morgan fingerprint density at radius 2 is 2.26 bits per heavy atom. The third kappa shape index (κ3) is 2.36. The molecule has 1 aliphatic carbocycles. The minimum atomic E-state index is 0.247. The fraction of sp³-hybridized carbons (Fsp3) is 0.286. The third-order valence-corrected chi connectivity index (χ3v) is 3.60. The van der Waals surface area contributed by atoms with Crippen molar-refractivity contribution < 1.29 is 9.47 Å². The van der Waals surface area contributed by atoms with Crippen molar-refractivity contribution in [2.75, 3.05) is 0 Å². The van der Waals surface area contributed by atoms with Crippen LogP contribution in [0.1, 0.15) is 23.4 Å². The summed E-state index contributed by atoms with van der Waals surface area (Å²) in [5.74, 6) is 0.247. The molecule has 2 aromatic heterocycles. The van der Waals surface area contributed by atoms with Gasteiger partial charge >= 0.3 is 5.88 Å². The summed E-state index contributed by atoms with van der Waals surface area (Å²) in [6.07, 6.45) is 4.30. The Kier molecular flexibility index (Phi) is 3.25. The van der Waals surface area contributed by atoms with Crippen molar-refractivity contribution in [2.24, 2.45) is 0 Å². The lowest BCUT2D eigenvalue weighted by Crippen LogP contribution is -2.34. The van der Waals surface area contributed by atoms with Gasteiger partial charge in [-0.05, 0) is 25.0 Å². The Labute approximate surface area is 116 Å². The van der Waals surface area contributed by atoms with Gasteiger partial charge in [-0.2, -0.15) is 0 Å². The lowest BCUT2D eigenvalue weighted by Gasteiger charge is -2.10. The van der Waals surface area contributed by atoms with Crippen molar-refractivity contribution in [3.63, 3.8) is 0 Å². The highest BCUT2D eigenvalue weighted by Gasteiger charge is 2.26. The minimum Gasteiger partial charge on any atom is -0.616 e. The third-order valence-electron chi connectivity index (χ3n) is 3.27. The van der Waals surface area contributed by atoms with E-state index in [-0.39, 0.29) is 12.5 Å². The van der Waals surface area contributed by atoms with E-state index in [0.717, 1.165) is 40.9 Å². The molecule has 19 heavy (non-hydrogen) atoms. The van der Waals surface area contributed by atoms with E-state index in [2.05, 4.69) is 4.98 Å². The van der Waals surface area contributed by atoms with Gasteiger partial charge in [-0.25, -0.2) is 0 Å². The standard InChI is InChI=1S/C14H13ClN2O2/c15-12-8-14(17(18)13-6-3-5-11(12)13)19-9-10-4-1-2-7-16-10/h1-2,4,7-8H,3,5-6,9H2. The zero-order valence-electron chi connectivity index (χ0n) is 10.3. The maximum atomic E-state index is 12.1. The molecular formula is C14H13ClN2O2. The smallest absolute Gasteiger partial charge is 0.381 e. The van der Waals surface area contributed by atoms with Gasteiger partial charge in [0.25, 0.3) is 0 Å². The van der Waals surface area contributed by atoms with Crippen molar-refractivity contribution in [3.8, 4) is 5.88 Å². The molecule has 0 aromatic carbocycles. The average Bonchev–Trinajstić information content (AvgIpc) is 2.92. The van der Waals surface area contributed by atoms with Crippen LogP contribution in [0.25, 0.3) is 0 Å². The molecule has 0 amide bonds. The molecule has 5 heteroatoms. The van der Waals surface area contributed by atoms with Gasteiger partial charge in [-0.3, -0.25) is 4.98 Å². The summed E-state index contributed by atoms with van der Waals surface area (Å²) in [6, 6.07) is 7.17. The molecule has 2 aromatic rings. The van der Waals surface area contributed by atoms with Crippen LogP contribution in [0.5, 0.6) is 5.88 Å². The van der Waals surface area contributed by atoms with Gasteiger partial charge in [-0.1, -0.05) is 17.7 Å². The van der Waals surface area contributed by atoms with Crippen LogP contribution < -0.4 is 9.47 Å². The highest BCUT2D eigenvalue weighted by Crippen LogP contribution is 2.29. The maximum absolute atomic E-state index is 12.1. The highest BCUT2D eigenvalue weighted by molar-refractivity contribution is 6.31. The first-order valence-corrected chi connectivity index (χ1v) is 6.60. The number of halogens is 1. The first-order valence-electron chi connectivity index (χ1n) is 6.22. The van der Waals surface area contributed by atoms with E-state index < -0.39 is 0 Å². The molecule has 0 saturated carbocycles. The Bertz CT molecular complexity index is 602. The van der Waals surface area contributed by atoms with Crippen LogP contribution in [-0.4, -0.2) is 4.98 Å². The van der Waals surface area contributed by atoms with Crippen molar-refractivity contribution in [3.05, 3.63) is 57.6 Å². The van der Waals surface area contributed by atoms with Gasteiger partial charge in [0.1, 0.15) is 6.61 Å². The summed E-state index contributed by atoms with van der Waals surface area (Å²) < 4.78 is 6.39.